The minimum atomic E-state index is -0.612. The van der Waals surface area contributed by atoms with Crippen molar-refractivity contribution in [3.8, 4) is 5.75 Å². The number of hydrogen-bond acceptors (Lipinski definition) is 4. The number of rotatable bonds is 5. The largest absolute Gasteiger partial charge is 0.496 e. The molecule has 3 amide bonds. The van der Waals surface area contributed by atoms with Gasteiger partial charge in [-0.15, -0.1) is 0 Å². The Kier molecular flexibility index (Phi) is 6.72. The van der Waals surface area contributed by atoms with Crippen molar-refractivity contribution in [2.24, 2.45) is 0 Å². The molecule has 0 radical (unpaired) electrons. The van der Waals surface area contributed by atoms with E-state index in [4.69, 9.17) is 16.3 Å². The second-order valence-electron chi connectivity index (χ2n) is 6.70. The first-order chi connectivity index (χ1) is 14.0. The highest BCUT2D eigenvalue weighted by atomic mass is 35.5. The van der Waals surface area contributed by atoms with Gasteiger partial charge in [-0.3, -0.25) is 25.2 Å². The molecule has 1 atom stereocenters. The van der Waals surface area contributed by atoms with Crippen molar-refractivity contribution in [1.29, 1.82) is 0 Å². The summed E-state index contributed by atoms with van der Waals surface area (Å²) in [6.45, 7) is 0.517. The number of amides is 3. The predicted molar refractivity (Wildman–Crippen MR) is 108 cm³/mol. The Morgan fingerprint density at radius 1 is 1.14 bits per heavy atom. The van der Waals surface area contributed by atoms with Crippen LogP contribution in [0.1, 0.15) is 28.8 Å². The van der Waals surface area contributed by atoms with E-state index in [1.54, 1.807) is 11.0 Å². The second-order valence-corrected chi connectivity index (χ2v) is 7.13. The van der Waals surface area contributed by atoms with Gasteiger partial charge >= 0.3 is 0 Å². The number of likely N-dealkylation sites (tertiary alicyclic amines) is 1. The first-order valence-electron chi connectivity index (χ1n) is 9.26. The number of nitrogens with zero attached hydrogens (tertiary/aromatic N) is 1. The molecule has 152 valence electrons. The number of carbonyl (C=O) groups excluding carboxylic acids is 3. The molecule has 2 aromatic rings. The van der Waals surface area contributed by atoms with Crippen LogP contribution < -0.4 is 15.6 Å². The van der Waals surface area contributed by atoms with E-state index in [1.807, 2.05) is 30.3 Å². The van der Waals surface area contributed by atoms with Crippen LogP contribution in [0.2, 0.25) is 5.02 Å². The summed E-state index contributed by atoms with van der Waals surface area (Å²) in [6.07, 6.45) is 1.52. The van der Waals surface area contributed by atoms with Crippen molar-refractivity contribution in [2.45, 2.75) is 25.3 Å². The number of hydrogen-bond donors (Lipinski definition) is 2. The predicted octanol–water partition coefficient (Wildman–Crippen LogP) is 2.34. The highest BCUT2D eigenvalue weighted by Crippen LogP contribution is 2.23. The molecule has 7 nitrogen and oxygen atoms in total. The fraction of sp³-hybridized carbons (Fsp3) is 0.286. The van der Waals surface area contributed by atoms with Gasteiger partial charge in [0, 0.05) is 11.6 Å². The Labute approximate surface area is 173 Å². The summed E-state index contributed by atoms with van der Waals surface area (Å²) >= 11 is 5.90. The number of hydrazine groups is 1. The van der Waals surface area contributed by atoms with Gasteiger partial charge in [0.1, 0.15) is 11.8 Å². The normalized spacial score (nSPS) is 15.7. The average Bonchev–Trinajstić information content (AvgIpc) is 3.22. The zero-order valence-corrected chi connectivity index (χ0v) is 16.7. The molecule has 3 rings (SSSR count). The lowest BCUT2D eigenvalue weighted by molar-refractivity contribution is -0.138. The summed E-state index contributed by atoms with van der Waals surface area (Å²) in [4.78, 5) is 39.2. The van der Waals surface area contributed by atoms with Crippen LogP contribution >= 0.6 is 11.6 Å². The summed E-state index contributed by atoms with van der Waals surface area (Å²) in [5.41, 5.74) is 5.93. The van der Waals surface area contributed by atoms with Crippen molar-refractivity contribution in [2.75, 3.05) is 13.7 Å². The zero-order valence-electron chi connectivity index (χ0n) is 16.0. The fourth-order valence-electron chi connectivity index (χ4n) is 3.33. The molecule has 2 aromatic carbocycles. The third-order valence-electron chi connectivity index (χ3n) is 4.78. The number of methoxy groups -OCH3 is 1. The lowest BCUT2D eigenvalue weighted by Crippen LogP contribution is -2.51. The van der Waals surface area contributed by atoms with Gasteiger partial charge in [-0.05, 0) is 36.6 Å². The lowest BCUT2D eigenvalue weighted by atomic mass is 10.1. The average molecular weight is 416 g/mol. The molecule has 1 heterocycles. The van der Waals surface area contributed by atoms with Crippen LogP contribution in [-0.2, 0) is 16.0 Å². The molecule has 29 heavy (non-hydrogen) atoms. The Morgan fingerprint density at radius 2 is 1.90 bits per heavy atom. The van der Waals surface area contributed by atoms with Crippen LogP contribution in [0.4, 0.5) is 0 Å². The minimum absolute atomic E-state index is 0.112. The highest BCUT2D eigenvalue weighted by molar-refractivity contribution is 6.30. The molecule has 1 fully saturated rings. The van der Waals surface area contributed by atoms with Crippen LogP contribution in [0, 0.1) is 0 Å². The summed E-state index contributed by atoms with van der Waals surface area (Å²) in [5, 5.41) is 0.431. The topological polar surface area (TPSA) is 87.7 Å². The number of nitrogens with one attached hydrogen (secondary N) is 2. The van der Waals surface area contributed by atoms with E-state index in [9.17, 15) is 14.4 Å². The monoisotopic (exact) mass is 415 g/mol. The third-order valence-corrected chi connectivity index (χ3v) is 5.02. The molecule has 0 aliphatic carbocycles. The molecule has 2 N–H and O–H groups in total. The molecule has 1 aliphatic rings. The first kappa shape index (κ1) is 20.7. The third kappa shape index (κ3) is 5.06. The molecular weight excluding hydrogens is 394 g/mol. The maximum absolute atomic E-state index is 12.6. The van der Waals surface area contributed by atoms with Gasteiger partial charge in [0.15, 0.2) is 0 Å². The Hall–Kier alpha value is -3.06. The molecule has 1 saturated heterocycles. The molecule has 1 aliphatic heterocycles. The summed E-state index contributed by atoms with van der Waals surface area (Å²) in [6, 6.07) is 13.4. The van der Waals surface area contributed by atoms with E-state index in [0.29, 0.717) is 23.7 Å². The van der Waals surface area contributed by atoms with Crippen molar-refractivity contribution in [1.82, 2.24) is 15.8 Å². The number of benzene rings is 2. The molecule has 0 saturated carbocycles. The maximum atomic E-state index is 12.6. The molecule has 0 spiro atoms. The maximum Gasteiger partial charge on any atom is 0.273 e. The standard InChI is InChI=1S/C21H22ClN3O4/c1-29-18-13-15(22)9-10-16(18)20(27)23-24-21(28)17-8-5-11-25(17)19(26)12-14-6-3-2-4-7-14/h2-4,6-7,9-10,13,17H,5,8,11-12H2,1H3,(H,23,27)(H,24,28). The quantitative estimate of drug-likeness (QED) is 0.734. The molecule has 0 bridgehead atoms. The van der Waals surface area contributed by atoms with Gasteiger partial charge in [0.2, 0.25) is 5.91 Å². The van der Waals surface area contributed by atoms with E-state index in [2.05, 4.69) is 10.9 Å². The second kappa shape index (κ2) is 9.43. The first-order valence-corrected chi connectivity index (χ1v) is 9.64. The zero-order chi connectivity index (χ0) is 20.8. The summed E-state index contributed by atoms with van der Waals surface area (Å²) in [5.74, 6) is -0.776. The van der Waals surface area contributed by atoms with Crippen molar-refractivity contribution >= 4 is 29.3 Å². The van der Waals surface area contributed by atoms with Crippen molar-refractivity contribution < 1.29 is 19.1 Å². The lowest BCUT2D eigenvalue weighted by Gasteiger charge is -2.24. The molecular formula is C21H22ClN3O4. The number of ether oxygens (including phenoxy) is 1. The fourth-order valence-corrected chi connectivity index (χ4v) is 3.49. The van der Waals surface area contributed by atoms with E-state index in [1.165, 1.54) is 19.2 Å². The van der Waals surface area contributed by atoms with Gasteiger partial charge in [-0.25, -0.2) is 0 Å². The minimum Gasteiger partial charge on any atom is -0.496 e. The number of halogens is 1. The Bertz CT molecular complexity index is 904. The van der Waals surface area contributed by atoms with Crippen LogP contribution in [-0.4, -0.2) is 42.3 Å². The SMILES string of the molecule is COc1cc(Cl)ccc1C(=O)NNC(=O)C1CCCN1C(=O)Cc1ccccc1. The van der Waals surface area contributed by atoms with Gasteiger partial charge in [0.05, 0.1) is 19.1 Å². The van der Waals surface area contributed by atoms with Crippen molar-refractivity contribution in [3.05, 3.63) is 64.7 Å². The summed E-state index contributed by atoms with van der Waals surface area (Å²) in [7, 11) is 1.43. The Morgan fingerprint density at radius 3 is 2.62 bits per heavy atom. The van der Waals surface area contributed by atoms with Crippen LogP contribution in [0.3, 0.4) is 0 Å². The number of carbonyl (C=O) groups is 3. The molecule has 0 aromatic heterocycles. The van der Waals surface area contributed by atoms with Crippen LogP contribution in [0.25, 0.3) is 0 Å². The highest BCUT2D eigenvalue weighted by Gasteiger charge is 2.34. The van der Waals surface area contributed by atoms with Crippen LogP contribution in [0.15, 0.2) is 48.5 Å². The summed E-state index contributed by atoms with van der Waals surface area (Å²) < 4.78 is 5.15. The van der Waals surface area contributed by atoms with Crippen molar-refractivity contribution in [3.63, 3.8) is 0 Å². The van der Waals surface area contributed by atoms with Gasteiger partial charge in [-0.1, -0.05) is 41.9 Å². The van der Waals surface area contributed by atoms with E-state index < -0.39 is 17.9 Å². The molecule has 1 unspecified atom stereocenters. The van der Waals surface area contributed by atoms with E-state index in [-0.39, 0.29) is 17.9 Å². The van der Waals surface area contributed by atoms with E-state index >= 15 is 0 Å². The smallest absolute Gasteiger partial charge is 0.273 e. The van der Waals surface area contributed by atoms with Gasteiger partial charge in [0.25, 0.3) is 11.8 Å². The van der Waals surface area contributed by atoms with Crippen LogP contribution in [0.5, 0.6) is 5.75 Å². The molecule has 8 heteroatoms. The Balaban J connectivity index is 1.59. The van der Waals surface area contributed by atoms with E-state index in [0.717, 1.165) is 12.0 Å². The van der Waals surface area contributed by atoms with Gasteiger partial charge < -0.3 is 9.64 Å². The van der Waals surface area contributed by atoms with Gasteiger partial charge in [-0.2, -0.15) is 0 Å².